The van der Waals surface area contributed by atoms with Crippen molar-refractivity contribution in [3.63, 3.8) is 0 Å². The summed E-state index contributed by atoms with van der Waals surface area (Å²) in [4.78, 5) is 16.8. The lowest BCUT2D eigenvalue weighted by molar-refractivity contribution is 0.0643. The lowest BCUT2D eigenvalue weighted by atomic mass is 10.0. The second-order valence-electron chi connectivity index (χ2n) is 5.13. The largest absolute Gasteiger partial charge is 0.339 e. The predicted molar refractivity (Wildman–Crippen MR) is 83.9 cm³/mol. The van der Waals surface area contributed by atoms with Crippen LogP contribution in [0.1, 0.15) is 36.5 Å². The molecule has 1 saturated heterocycles. The molecule has 2 heterocycles. The van der Waals surface area contributed by atoms with Crippen LogP contribution in [0.25, 0.3) is 0 Å². The summed E-state index contributed by atoms with van der Waals surface area (Å²) in [5.74, 6) is 0.149. The molecule has 5 heteroatoms. The van der Waals surface area contributed by atoms with Crippen LogP contribution in [0.2, 0.25) is 0 Å². The van der Waals surface area contributed by atoms with E-state index in [-0.39, 0.29) is 5.91 Å². The van der Waals surface area contributed by atoms with Gasteiger partial charge in [0.2, 0.25) is 0 Å². The van der Waals surface area contributed by atoms with Gasteiger partial charge >= 0.3 is 0 Å². The molecule has 3 nitrogen and oxygen atoms in total. The number of thiophene rings is 1. The maximum atomic E-state index is 12.4. The van der Waals surface area contributed by atoms with Crippen molar-refractivity contribution in [3.05, 3.63) is 20.8 Å². The molecule has 1 aliphatic heterocycles. The maximum absolute atomic E-state index is 12.4. The van der Waals surface area contributed by atoms with Crippen molar-refractivity contribution in [1.82, 2.24) is 9.80 Å². The molecule has 0 N–H and O–H groups in total. The van der Waals surface area contributed by atoms with Crippen molar-refractivity contribution < 1.29 is 4.79 Å². The van der Waals surface area contributed by atoms with Crippen molar-refractivity contribution in [2.75, 3.05) is 26.7 Å². The topological polar surface area (TPSA) is 23.6 Å². The Labute approximate surface area is 127 Å². The Morgan fingerprint density at radius 1 is 1.53 bits per heavy atom. The first-order chi connectivity index (χ1) is 9.11. The van der Waals surface area contributed by atoms with Gasteiger partial charge in [0.25, 0.3) is 5.91 Å². The molecule has 0 atom stereocenters. The van der Waals surface area contributed by atoms with Crippen LogP contribution in [0.4, 0.5) is 0 Å². The standard InChI is InChI=1S/C14H21BrN2OS/c1-3-6-17-7-4-12(5-8-17)16(2)14(18)11-9-13(15)19-10-11/h9-10,12H,3-8H2,1-2H3. The van der Waals surface area contributed by atoms with Crippen molar-refractivity contribution in [1.29, 1.82) is 0 Å². The van der Waals surface area contributed by atoms with Crippen LogP contribution < -0.4 is 0 Å². The van der Waals surface area contributed by atoms with Crippen LogP contribution in [-0.4, -0.2) is 48.4 Å². The van der Waals surface area contributed by atoms with Crippen LogP contribution in [0.5, 0.6) is 0 Å². The number of carbonyl (C=O) groups is 1. The zero-order valence-electron chi connectivity index (χ0n) is 11.6. The fourth-order valence-corrected chi connectivity index (χ4v) is 3.77. The number of amides is 1. The molecule has 0 spiro atoms. The summed E-state index contributed by atoms with van der Waals surface area (Å²) in [6, 6.07) is 2.30. The third-order valence-corrected chi connectivity index (χ3v) is 5.28. The van der Waals surface area contributed by atoms with Gasteiger partial charge in [-0.25, -0.2) is 0 Å². The molecule has 0 aliphatic carbocycles. The Hall–Kier alpha value is -0.390. The highest BCUT2D eigenvalue weighted by molar-refractivity contribution is 9.11. The highest BCUT2D eigenvalue weighted by atomic mass is 79.9. The van der Waals surface area contributed by atoms with Crippen LogP contribution in [0.15, 0.2) is 15.2 Å². The SMILES string of the molecule is CCCN1CCC(N(C)C(=O)c2csc(Br)c2)CC1. The molecule has 0 unspecified atom stereocenters. The molecule has 2 rings (SSSR count). The Morgan fingerprint density at radius 3 is 2.74 bits per heavy atom. The smallest absolute Gasteiger partial charge is 0.254 e. The van der Waals surface area contributed by atoms with E-state index in [2.05, 4.69) is 27.8 Å². The Kier molecular flexibility index (Phi) is 5.42. The quantitative estimate of drug-likeness (QED) is 0.834. The highest BCUT2D eigenvalue weighted by Gasteiger charge is 2.25. The van der Waals surface area contributed by atoms with E-state index in [1.807, 2.05) is 23.4 Å². The summed E-state index contributed by atoms with van der Waals surface area (Å²) in [6.07, 6.45) is 3.39. The van der Waals surface area contributed by atoms with Gasteiger partial charge in [-0.1, -0.05) is 6.92 Å². The monoisotopic (exact) mass is 344 g/mol. The number of hydrogen-bond acceptors (Lipinski definition) is 3. The van der Waals surface area contributed by atoms with E-state index in [9.17, 15) is 4.79 Å². The molecule has 1 aliphatic rings. The average Bonchev–Trinajstić information content (AvgIpc) is 2.85. The van der Waals surface area contributed by atoms with E-state index in [0.29, 0.717) is 6.04 Å². The van der Waals surface area contributed by atoms with E-state index >= 15 is 0 Å². The minimum Gasteiger partial charge on any atom is -0.339 e. The molecule has 0 saturated carbocycles. The Bertz CT molecular complexity index is 427. The third-order valence-electron chi connectivity index (χ3n) is 3.78. The maximum Gasteiger partial charge on any atom is 0.254 e. The van der Waals surface area contributed by atoms with E-state index < -0.39 is 0 Å². The van der Waals surface area contributed by atoms with E-state index in [1.54, 1.807) is 11.3 Å². The zero-order valence-corrected chi connectivity index (χ0v) is 14.0. The van der Waals surface area contributed by atoms with Crippen molar-refractivity contribution >= 4 is 33.2 Å². The normalized spacial score (nSPS) is 17.6. The van der Waals surface area contributed by atoms with Gasteiger partial charge in [-0.15, -0.1) is 11.3 Å². The van der Waals surface area contributed by atoms with Gasteiger partial charge in [0.15, 0.2) is 0 Å². The summed E-state index contributed by atoms with van der Waals surface area (Å²) in [6.45, 7) is 5.63. The Morgan fingerprint density at radius 2 is 2.21 bits per heavy atom. The zero-order chi connectivity index (χ0) is 13.8. The second-order valence-corrected chi connectivity index (χ2v) is 7.42. The first kappa shape index (κ1) is 15.0. The van der Waals surface area contributed by atoms with Gasteiger partial charge in [0.1, 0.15) is 0 Å². The summed E-state index contributed by atoms with van der Waals surface area (Å²) >= 11 is 4.98. The number of rotatable bonds is 4. The van der Waals surface area contributed by atoms with Crippen molar-refractivity contribution in [3.8, 4) is 0 Å². The minimum absolute atomic E-state index is 0.149. The first-order valence-electron chi connectivity index (χ1n) is 6.85. The van der Waals surface area contributed by atoms with Crippen LogP contribution in [0.3, 0.4) is 0 Å². The average molecular weight is 345 g/mol. The van der Waals surface area contributed by atoms with Crippen LogP contribution in [-0.2, 0) is 0 Å². The Balaban J connectivity index is 1.90. The molecule has 1 aromatic heterocycles. The summed E-state index contributed by atoms with van der Waals surface area (Å²) in [7, 11) is 1.94. The van der Waals surface area contributed by atoms with Crippen LogP contribution >= 0.6 is 27.3 Å². The van der Waals surface area contributed by atoms with E-state index in [1.165, 1.54) is 13.0 Å². The van der Waals surface area contributed by atoms with Gasteiger partial charge in [0.05, 0.1) is 9.35 Å². The van der Waals surface area contributed by atoms with Gasteiger partial charge in [0, 0.05) is 31.6 Å². The van der Waals surface area contributed by atoms with Crippen molar-refractivity contribution in [2.24, 2.45) is 0 Å². The second kappa shape index (κ2) is 6.86. The van der Waals surface area contributed by atoms with Gasteiger partial charge in [-0.05, 0) is 47.8 Å². The predicted octanol–water partition coefficient (Wildman–Crippen LogP) is 3.46. The first-order valence-corrected chi connectivity index (χ1v) is 8.52. The molecule has 106 valence electrons. The number of carbonyl (C=O) groups excluding carboxylic acids is 1. The number of piperidine rings is 1. The van der Waals surface area contributed by atoms with Gasteiger partial charge < -0.3 is 9.80 Å². The summed E-state index contributed by atoms with van der Waals surface area (Å²) < 4.78 is 1.02. The molecular formula is C14H21BrN2OS. The van der Waals surface area contributed by atoms with E-state index in [0.717, 1.165) is 35.3 Å². The lowest BCUT2D eigenvalue weighted by Crippen LogP contribution is -2.45. The molecule has 0 bridgehead atoms. The van der Waals surface area contributed by atoms with Gasteiger partial charge in [-0.3, -0.25) is 4.79 Å². The van der Waals surface area contributed by atoms with Crippen molar-refractivity contribution in [2.45, 2.75) is 32.2 Å². The number of nitrogens with zero attached hydrogens (tertiary/aromatic N) is 2. The molecule has 1 aromatic rings. The minimum atomic E-state index is 0.149. The molecule has 0 radical (unpaired) electrons. The fourth-order valence-electron chi connectivity index (χ4n) is 2.64. The molecular weight excluding hydrogens is 324 g/mol. The number of likely N-dealkylation sites (tertiary alicyclic amines) is 1. The number of halogens is 1. The fraction of sp³-hybridized carbons (Fsp3) is 0.643. The number of hydrogen-bond donors (Lipinski definition) is 0. The molecule has 19 heavy (non-hydrogen) atoms. The summed E-state index contributed by atoms with van der Waals surface area (Å²) in [5, 5.41) is 1.93. The molecule has 1 fully saturated rings. The lowest BCUT2D eigenvalue weighted by Gasteiger charge is -2.36. The van der Waals surface area contributed by atoms with E-state index in [4.69, 9.17) is 0 Å². The van der Waals surface area contributed by atoms with Gasteiger partial charge in [-0.2, -0.15) is 0 Å². The van der Waals surface area contributed by atoms with Crippen LogP contribution in [0, 0.1) is 0 Å². The third kappa shape index (κ3) is 3.80. The highest BCUT2D eigenvalue weighted by Crippen LogP contribution is 2.23. The molecule has 0 aromatic carbocycles. The molecule has 1 amide bonds. The summed E-state index contributed by atoms with van der Waals surface area (Å²) in [5.41, 5.74) is 0.801.